The second kappa shape index (κ2) is 5.06. The number of rotatable bonds is 2. The molecule has 0 bridgehead atoms. The minimum Gasteiger partial charge on any atom is -0.423 e. The van der Waals surface area contributed by atoms with Crippen LogP contribution in [0.3, 0.4) is 0 Å². The molecule has 1 aliphatic rings. The monoisotopic (exact) mass is 246 g/mol. The lowest BCUT2D eigenvalue weighted by Gasteiger charge is -2.34. The summed E-state index contributed by atoms with van der Waals surface area (Å²) in [5, 5.41) is 18.5. The van der Waals surface area contributed by atoms with Gasteiger partial charge < -0.3 is 10.0 Å². The highest BCUT2D eigenvalue weighted by Crippen LogP contribution is 2.42. The van der Waals surface area contributed by atoms with Crippen molar-refractivity contribution in [3.8, 4) is 0 Å². The second-order valence-electron chi connectivity index (χ2n) is 6.43. The van der Waals surface area contributed by atoms with Gasteiger partial charge in [0.2, 0.25) is 0 Å². The van der Waals surface area contributed by atoms with Gasteiger partial charge in [-0.1, -0.05) is 37.6 Å². The van der Waals surface area contributed by atoms with Crippen LogP contribution in [-0.2, 0) is 0 Å². The molecule has 0 atom stereocenters. The number of benzene rings is 1. The maximum atomic E-state index is 9.23. The Hall–Kier alpha value is -0.795. The molecule has 2 rings (SSSR count). The van der Waals surface area contributed by atoms with Crippen molar-refractivity contribution in [3.63, 3.8) is 0 Å². The molecule has 3 heteroatoms. The maximum Gasteiger partial charge on any atom is 0.488 e. The summed E-state index contributed by atoms with van der Waals surface area (Å²) in [6, 6.07) is 6.04. The van der Waals surface area contributed by atoms with Gasteiger partial charge >= 0.3 is 7.12 Å². The zero-order valence-corrected chi connectivity index (χ0v) is 11.6. The third-order valence-electron chi connectivity index (χ3n) is 4.38. The van der Waals surface area contributed by atoms with Gasteiger partial charge in [0, 0.05) is 0 Å². The van der Waals surface area contributed by atoms with Gasteiger partial charge in [0.05, 0.1) is 0 Å². The minimum absolute atomic E-state index is 0.493. The Morgan fingerprint density at radius 3 is 2.28 bits per heavy atom. The van der Waals surface area contributed by atoms with E-state index in [1.54, 1.807) is 0 Å². The molecular formula is C15H23BO2. The molecule has 0 saturated heterocycles. The predicted molar refractivity (Wildman–Crippen MR) is 76.0 cm³/mol. The first-order valence-electron chi connectivity index (χ1n) is 6.86. The minimum atomic E-state index is -1.36. The lowest BCUT2D eigenvalue weighted by atomic mass is 9.70. The van der Waals surface area contributed by atoms with Crippen LogP contribution in [0.4, 0.5) is 0 Å². The van der Waals surface area contributed by atoms with E-state index < -0.39 is 7.12 Å². The second-order valence-corrected chi connectivity index (χ2v) is 6.43. The molecule has 2 nitrogen and oxygen atoms in total. The van der Waals surface area contributed by atoms with Gasteiger partial charge in [0.15, 0.2) is 0 Å². The first-order chi connectivity index (χ1) is 8.39. The molecule has 0 radical (unpaired) electrons. The van der Waals surface area contributed by atoms with E-state index in [9.17, 15) is 10.0 Å². The van der Waals surface area contributed by atoms with E-state index in [1.807, 2.05) is 13.0 Å². The molecular weight excluding hydrogens is 223 g/mol. The summed E-state index contributed by atoms with van der Waals surface area (Å²) in [5.41, 5.74) is 3.45. The van der Waals surface area contributed by atoms with Crippen molar-refractivity contribution < 1.29 is 10.0 Å². The summed E-state index contributed by atoms with van der Waals surface area (Å²) in [5.74, 6) is 0.640. The Labute approximate surface area is 110 Å². The molecule has 0 unspecified atom stereocenters. The summed E-state index contributed by atoms with van der Waals surface area (Å²) in [7, 11) is -1.36. The van der Waals surface area contributed by atoms with Crippen LogP contribution >= 0.6 is 0 Å². The van der Waals surface area contributed by atoms with Gasteiger partial charge in [0.1, 0.15) is 0 Å². The molecule has 1 aliphatic carbocycles. The van der Waals surface area contributed by atoms with Crippen LogP contribution < -0.4 is 5.46 Å². The smallest absolute Gasteiger partial charge is 0.423 e. The standard InChI is InChI=1S/C15H23BO2/c1-11-10-13(4-5-14(11)16(17)18)12-6-8-15(2,3)9-7-12/h4-5,10,12,17-18H,6-9H2,1-3H3. The van der Waals surface area contributed by atoms with E-state index in [1.165, 1.54) is 31.2 Å². The molecule has 1 aromatic carbocycles. The van der Waals surface area contributed by atoms with Crippen molar-refractivity contribution in [2.24, 2.45) is 5.41 Å². The number of aryl methyl sites for hydroxylation is 1. The van der Waals surface area contributed by atoms with Gasteiger partial charge in [0.25, 0.3) is 0 Å². The van der Waals surface area contributed by atoms with Crippen molar-refractivity contribution in [2.75, 3.05) is 0 Å². The Balaban J connectivity index is 2.13. The maximum absolute atomic E-state index is 9.23. The van der Waals surface area contributed by atoms with Gasteiger partial charge in [-0.2, -0.15) is 0 Å². The van der Waals surface area contributed by atoms with E-state index >= 15 is 0 Å². The number of hydrogen-bond donors (Lipinski definition) is 2. The molecule has 0 spiro atoms. The Bertz CT molecular complexity index is 417. The van der Waals surface area contributed by atoms with Crippen LogP contribution in [0, 0.1) is 12.3 Å². The predicted octanol–water partition coefficient (Wildman–Crippen LogP) is 2.36. The van der Waals surface area contributed by atoms with Crippen molar-refractivity contribution in [3.05, 3.63) is 29.3 Å². The molecule has 18 heavy (non-hydrogen) atoms. The molecule has 1 saturated carbocycles. The fraction of sp³-hybridized carbons (Fsp3) is 0.600. The number of hydrogen-bond acceptors (Lipinski definition) is 2. The van der Waals surface area contributed by atoms with E-state index in [-0.39, 0.29) is 0 Å². The van der Waals surface area contributed by atoms with E-state index in [0.717, 1.165) is 5.56 Å². The van der Waals surface area contributed by atoms with E-state index in [4.69, 9.17) is 0 Å². The average Bonchev–Trinajstić information content (AvgIpc) is 2.28. The van der Waals surface area contributed by atoms with Gasteiger partial charge in [-0.25, -0.2) is 0 Å². The zero-order valence-electron chi connectivity index (χ0n) is 11.6. The third-order valence-corrected chi connectivity index (χ3v) is 4.38. The quantitative estimate of drug-likeness (QED) is 0.786. The van der Waals surface area contributed by atoms with Crippen molar-refractivity contribution >= 4 is 12.6 Å². The summed E-state index contributed by atoms with van der Waals surface area (Å²) < 4.78 is 0. The summed E-state index contributed by atoms with van der Waals surface area (Å²) in [6.45, 7) is 6.64. The van der Waals surface area contributed by atoms with E-state index in [0.29, 0.717) is 16.8 Å². The highest BCUT2D eigenvalue weighted by molar-refractivity contribution is 6.59. The van der Waals surface area contributed by atoms with Crippen LogP contribution in [0.1, 0.15) is 56.6 Å². The summed E-state index contributed by atoms with van der Waals surface area (Å²) >= 11 is 0. The van der Waals surface area contributed by atoms with Crippen LogP contribution in [0.25, 0.3) is 0 Å². The molecule has 0 amide bonds. The average molecular weight is 246 g/mol. The van der Waals surface area contributed by atoms with Crippen molar-refractivity contribution in [1.82, 2.24) is 0 Å². The highest BCUT2D eigenvalue weighted by atomic mass is 16.4. The summed E-state index contributed by atoms with van der Waals surface area (Å²) in [4.78, 5) is 0. The van der Waals surface area contributed by atoms with Crippen LogP contribution in [0.15, 0.2) is 18.2 Å². The molecule has 0 aromatic heterocycles. The van der Waals surface area contributed by atoms with Gasteiger partial charge in [-0.3, -0.25) is 0 Å². The lowest BCUT2D eigenvalue weighted by molar-refractivity contribution is 0.224. The van der Waals surface area contributed by atoms with Gasteiger partial charge in [-0.15, -0.1) is 0 Å². The van der Waals surface area contributed by atoms with Crippen molar-refractivity contribution in [1.29, 1.82) is 0 Å². The topological polar surface area (TPSA) is 40.5 Å². The zero-order chi connectivity index (χ0) is 13.3. The fourth-order valence-electron chi connectivity index (χ4n) is 2.98. The highest BCUT2D eigenvalue weighted by Gasteiger charge is 2.28. The van der Waals surface area contributed by atoms with Crippen LogP contribution in [0.2, 0.25) is 0 Å². The largest absolute Gasteiger partial charge is 0.488 e. The molecule has 1 fully saturated rings. The molecule has 1 aromatic rings. The first kappa shape index (κ1) is 13.6. The lowest BCUT2D eigenvalue weighted by Crippen LogP contribution is -2.32. The van der Waals surface area contributed by atoms with E-state index in [2.05, 4.69) is 26.0 Å². The Morgan fingerprint density at radius 1 is 1.17 bits per heavy atom. The fourth-order valence-corrected chi connectivity index (χ4v) is 2.98. The third kappa shape index (κ3) is 2.96. The molecule has 0 heterocycles. The molecule has 0 aliphatic heterocycles. The van der Waals surface area contributed by atoms with Gasteiger partial charge in [-0.05, 0) is 55.0 Å². The normalized spacial score (nSPS) is 19.8. The SMILES string of the molecule is Cc1cc(C2CCC(C)(C)CC2)ccc1B(O)O. The van der Waals surface area contributed by atoms with Crippen LogP contribution in [0.5, 0.6) is 0 Å². The Kier molecular flexibility index (Phi) is 3.83. The Morgan fingerprint density at radius 2 is 1.78 bits per heavy atom. The first-order valence-corrected chi connectivity index (χ1v) is 6.86. The molecule has 98 valence electrons. The van der Waals surface area contributed by atoms with Crippen molar-refractivity contribution in [2.45, 2.75) is 52.4 Å². The molecule has 2 N–H and O–H groups in total. The van der Waals surface area contributed by atoms with Crippen LogP contribution in [-0.4, -0.2) is 17.2 Å². The summed E-state index contributed by atoms with van der Waals surface area (Å²) in [6.07, 6.45) is 5.04.